The molecule has 0 unspecified atom stereocenters. The second-order valence-corrected chi connectivity index (χ2v) is 7.05. The molecule has 0 spiro atoms. The Morgan fingerprint density at radius 3 is 2.63 bits per heavy atom. The van der Waals surface area contributed by atoms with E-state index in [1.54, 1.807) is 30.3 Å². The normalized spacial score (nSPS) is 17.5. The summed E-state index contributed by atoms with van der Waals surface area (Å²) in [6, 6.07) is 10.5. The van der Waals surface area contributed by atoms with Crippen molar-refractivity contribution in [2.45, 2.75) is 30.2 Å². The minimum Gasteiger partial charge on any atom is -0.399 e. The maximum absolute atomic E-state index is 12.4. The Bertz CT molecular complexity index is 749. The summed E-state index contributed by atoms with van der Waals surface area (Å²) < 4.78 is 27.7. The van der Waals surface area contributed by atoms with E-state index in [4.69, 9.17) is 5.73 Å². The molecular weight excluding hydrogens is 260 g/mol. The minimum atomic E-state index is -3.49. The second-order valence-electron chi connectivity index (χ2n) is 5.40. The van der Waals surface area contributed by atoms with E-state index in [-0.39, 0.29) is 5.54 Å². The first-order chi connectivity index (χ1) is 8.90. The molecule has 3 N–H and O–H groups in total. The monoisotopic (exact) mass is 276 g/mol. The van der Waals surface area contributed by atoms with Crippen LogP contribution in [0.3, 0.4) is 0 Å². The van der Waals surface area contributed by atoms with Crippen LogP contribution in [0.4, 0.5) is 5.69 Å². The van der Waals surface area contributed by atoms with Crippen molar-refractivity contribution in [2.75, 3.05) is 5.73 Å². The van der Waals surface area contributed by atoms with Gasteiger partial charge in [0.1, 0.15) is 0 Å². The first kappa shape index (κ1) is 12.4. The number of hydrogen-bond acceptors (Lipinski definition) is 3. The molecule has 0 amide bonds. The molecule has 1 saturated carbocycles. The molecule has 0 radical (unpaired) electrons. The van der Waals surface area contributed by atoms with Crippen molar-refractivity contribution < 1.29 is 8.42 Å². The van der Waals surface area contributed by atoms with Gasteiger partial charge in [-0.15, -0.1) is 0 Å². The molecule has 1 aliphatic carbocycles. The number of hydrogen-bond donors (Lipinski definition) is 2. The maximum atomic E-state index is 12.4. The maximum Gasteiger partial charge on any atom is 0.241 e. The standard InChI is InChI=1S/C14H16N2O2S/c1-14(7-8-14)16-19(17,18)13-4-2-3-10-9-11(15)5-6-12(10)13/h2-6,9,16H,7-8,15H2,1H3. The van der Waals surface area contributed by atoms with Crippen molar-refractivity contribution in [1.82, 2.24) is 4.72 Å². The zero-order chi connectivity index (χ0) is 13.7. The Kier molecular flexibility index (Phi) is 2.59. The summed E-state index contributed by atoms with van der Waals surface area (Å²) in [6.07, 6.45) is 1.79. The van der Waals surface area contributed by atoms with Gasteiger partial charge in [-0.3, -0.25) is 0 Å². The van der Waals surface area contributed by atoms with E-state index in [0.29, 0.717) is 16.0 Å². The van der Waals surface area contributed by atoms with Gasteiger partial charge in [0.25, 0.3) is 0 Å². The van der Waals surface area contributed by atoms with Crippen LogP contribution in [0.5, 0.6) is 0 Å². The van der Waals surface area contributed by atoms with Gasteiger partial charge in [-0.25, -0.2) is 13.1 Å². The lowest BCUT2D eigenvalue weighted by atomic mass is 10.1. The summed E-state index contributed by atoms with van der Waals surface area (Å²) in [6.45, 7) is 1.92. The summed E-state index contributed by atoms with van der Waals surface area (Å²) in [5, 5.41) is 1.54. The Balaban J connectivity index is 2.14. The first-order valence-corrected chi connectivity index (χ1v) is 7.70. The van der Waals surface area contributed by atoms with Gasteiger partial charge in [0.2, 0.25) is 10.0 Å². The van der Waals surface area contributed by atoms with Crippen LogP contribution < -0.4 is 10.5 Å². The summed E-state index contributed by atoms with van der Waals surface area (Å²) in [4.78, 5) is 0.318. The smallest absolute Gasteiger partial charge is 0.241 e. The van der Waals surface area contributed by atoms with Crippen LogP contribution in [0.2, 0.25) is 0 Å². The molecular formula is C14H16N2O2S. The number of fused-ring (bicyclic) bond motifs is 1. The number of nitrogens with one attached hydrogen (secondary N) is 1. The fourth-order valence-electron chi connectivity index (χ4n) is 2.18. The minimum absolute atomic E-state index is 0.269. The number of nitrogen functional groups attached to an aromatic ring is 1. The highest BCUT2D eigenvalue weighted by Crippen LogP contribution is 2.36. The lowest BCUT2D eigenvalue weighted by molar-refractivity contribution is 0.559. The third-order valence-corrected chi connectivity index (χ3v) is 5.23. The lowest BCUT2D eigenvalue weighted by Crippen LogP contribution is -2.34. The number of benzene rings is 2. The Morgan fingerprint density at radius 1 is 1.21 bits per heavy atom. The molecule has 0 saturated heterocycles. The summed E-state index contributed by atoms with van der Waals surface area (Å²) in [5.41, 5.74) is 6.09. The number of anilines is 1. The Labute approximate surface area is 112 Å². The largest absolute Gasteiger partial charge is 0.399 e. The van der Waals surface area contributed by atoms with E-state index in [1.807, 2.05) is 13.0 Å². The quantitative estimate of drug-likeness (QED) is 0.845. The molecule has 19 heavy (non-hydrogen) atoms. The molecule has 0 atom stereocenters. The average molecular weight is 276 g/mol. The molecule has 2 aromatic rings. The highest BCUT2D eigenvalue weighted by molar-refractivity contribution is 7.89. The van der Waals surface area contributed by atoms with Gasteiger partial charge in [0.05, 0.1) is 4.90 Å². The van der Waals surface area contributed by atoms with Gasteiger partial charge < -0.3 is 5.73 Å². The Hall–Kier alpha value is -1.59. The van der Waals surface area contributed by atoms with Gasteiger partial charge in [0, 0.05) is 16.6 Å². The van der Waals surface area contributed by atoms with Crippen LogP contribution >= 0.6 is 0 Å². The summed E-state index contributed by atoms with van der Waals surface area (Å²) >= 11 is 0. The van der Waals surface area contributed by atoms with E-state index in [2.05, 4.69) is 4.72 Å². The van der Waals surface area contributed by atoms with Gasteiger partial charge in [0.15, 0.2) is 0 Å². The van der Waals surface area contributed by atoms with Gasteiger partial charge in [-0.2, -0.15) is 0 Å². The summed E-state index contributed by atoms with van der Waals surface area (Å²) in [7, 11) is -3.49. The molecule has 0 bridgehead atoms. The van der Waals surface area contributed by atoms with Crippen molar-refractivity contribution in [3.8, 4) is 0 Å². The van der Waals surface area contributed by atoms with E-state index in [0.717, 1.165) is 18.2 Å². The highest BCUT2D eigenvalue weighted by Gasteiger charge is 2.41. The molecule has 0 aliphatic heterocycles. The number of nitrogens with two attached hydrogens (primary N) is 1. The van der Waals surface area contributed by atoms with Crippen LogP contribution in [0.1, 0.15) is 19.8 Å². The fraction of sp³-hybridized carbons (Fsp3) is 0.286. The predicted octanol–water partition coefficient (Wildman–Crippen LogP) is 2.25. The third kappa shape index (κ3) is 2.31. The number of sulfonamides is 1. The summed E-state index contributed by atoms with van der Waals surface area (Å²) in [5.74, 6) is 0. The molecule has 1 fully saturated rings. The SMILES string of the molecule is CC1(NS(=O)(=O)c2cccc3cc(N)ccc23)CC1. The van der Waals surface area contributed by atoms with Crippen molar-refractivity contribution in [3.63, 3.8) is 0 Å². The molecule has 0 heterocycles. The van der Waals surface area contributed by atoms with Crippen LogP contribution in [-0.4, -0.2) is 14.0 Å². The predicted molar refractivity (Wildman–Crippen MR) is 76.3 cm³/mol. The van der Waals surface area contributed by atoms with Crippen molar-refractivity contribution in [3.05, 3.63) is 36.4 Å². The zero-order valence-electron chi connectivity index (χ0n) is 10.7. The van der Waals surface area contributed by atoms with Crippen LogP contribution in [0.25, 0.3) is 10.8 Å². The molecule has 2 aromatic carbocycles. The zero-order valence-corrected chi connectivity index (χ0v) is 11.5. The van der Waals surface area contributed by atoms with E-state index >= 15 is 0 Å². The first-order valence-electron chi connectivity index (χ1n) is 6.22. The van der Waals surface area contributed by atoms with E-state index in [9.17, 15) is 8.42 Å². The Morgan fingerprint density at radius 2 is 1.95 bits per heavy atom. The van der Waals surface area contributed by atoms with Crippen LogP contribution in [0, 0.1) is 0 Å². The lowest BCUT2D eigenvalue weighted by Gasteiger charge is -2.14. The third-order valence-electron chi connectivity index (χ3n) is 3.53. The van der Waals surface area contributed by atoms with Gasteiger partial charge in [-0.05, 0) is 43.4 Å². The van der Waals surface area contributed by atoms with E-state index < -0.39 is 10.0 Å². The molecule has 1 aliphatic rings. The van der Waals surface area contributed by atoms with Crippen molar-refractivity contribution >= 4 is 26.5 Å². The highest BCUT2D eigenvalue weighted by atomic mass is 32.2. The van der Waals surface area contributed by atoms with Crippen LogP contribution in [-0.2, 0) is 10.0 Å². The van der Waals surface area contributed by atoms with Crippen LogP contribution in [0.15, 0.2) is 41.3 Å². The van der Waals surface area contributed by atoms with Crippen molar-refractivity contribution in [2.24, 2.45) is 0 Å². The topological polar surface area (TPSA) is 72.2 Å². The van der Waals surface area contributed by atoms with Gasteiger partial charge >= 0.3 is 0 Å². The molecule has 4 nitrogen and oxygen atoms in total. The molecule has 0 aromatic heterocycles. The fourth-order valence-corrected chi connectivity index (χ4v) is 3.87. The van der Waals surface area contributed by atoms with Crippen molar-refractivity contribution in [1.29, 1.82) is 0 Å². The molecule has 100 valence electrons. The van der Waals surface area contributed by atoms with Gasteiger partial charge in [-0.1, -0.05) is 18.2 Å². The average Bonchev–Trinajstić information content (AvgIpc) is 3.04. The number of rotatable bonds is 3. The molecule has 5 heteroatoms. The molecule has 3 rings (SSSR count). The van der Waals surface area contributed by atoms with E-state index in [1.165, 1.54) is 0 Å². The second kappa shape index (κ2) is 3.95.